The van der Waals surface area contributed by atoms with Crippen LogP contribution < -0.4 is 4.72 Å². The van der Waals surface area contributed by atoms with Crippen molar-refractivity contribution in [2.24, 2.45) is 0 Å². The molecule has 24 heavy (non-hydrogen) atoms. The molecule has 0 spiro atoms. The largest absolute Gasteiger partial charge is 0.303 e. The van der Waals surface area contributed by atoms with E-state index in [1.165, 1.54) is 6.26 Å². The van der Waals surface area contributed by atoms with Crippen molar-refractivity contribution in [3.05, 3.63) is 35.9 Å². The van der Waals surface area contributed by atoms with E-state index in [4.69, 9.17) is 0 Å². The number of rotatable bonds is 8. The summed E-state index contributed by atoms with van der Waals surface area (Å²) in [6, 6.07) is 9.49. The van der Waals surface area contributed by atoms with Crippen molar-refractivity contribution in [2.45, 2.75) is 38.1 Å². The van der Waals surface area contributed by atoms with Gasteiger partial charge in [-0.05, 0) is 45.3 Å². The maximum absolute atomic E-state index is 12.0. The second-order valence-corrected chi connectivity index (χ2v) is 8.03. The number of piperidine rings is 1. The molecule has 1 heterocycles. The Balaban J connectivity index is 0.00000288. The van der Waals surface area contributed by atoms with Crippen LogP contribution in [0.25, 0.3) is 0 Å². The average molecular weight is 375 g/mol. The number of nitrogens with one attached hydrogen (secondary N) is 1. The van der Waals surface area contributed by atoms with Crippen molar-refractivity contribution >= 4 is 28.2 Å². The average Bonchev–Trinajstić information content (AvgIpc) is 2.52. The summed E-state index contributed by atoms with van der Waals surface area (Å²) in [5.74, 6) is 0.210. The Hall–Kier alpha value is -0.950. The summed E-state index contributed by atoms with van der Waals surface area (Å²) < 4.78 is 25.1. The predicted octanol–water partition coefficient (Wildman–Crippen LogP) is 2.48. The molecule has 0 aliphatic carbocycles. The van der Waals surface area contributed by atoms with Crippen molar-refractivity contribution < 1.29 is 13.2 Å². The third-order valence-electron chi connectivity index (χ3n) is 4.19. The molecule has 1 aliphatic heterocycles. The van der Waals surface area contributed by atoms with Crippen molar-refractivity contribution in [3.63, 3.8) is 0 Å². The molecule has 2 rings (SSSR count). The molecule has 0 atom stereocenters. The highest BCUT2D eigenvalue weighted by atomic mass is 35.5. The van der Waals surface area contributed by atoms with Crippen LogP contribution in [0, 0.1) is 0 Å². The van der Waals surface area contributed by atoms with Crippen LogP contribution in [0.4, 0.5) is 0 Å². The number of carbonyl (C=O) groups is 1. The number of hydrogen-bond donors (Lipinski definition) is 1. The zero-order chi connectivity index (χ0) is 16.7. The molecular formula is C17H27ClN2O3S. The van der Waals surface area contributed by atoms with E-state index in [1.54, 1.807) is 0 Å². The van der Waals surface area contributed by atoms with Gasteiger partial charge in [-0.1, -0.05) is 30.3 Å². The Labute approximate surface area is 151 Å². The maximum atomic E-state index is 12.0. The summed E-state index contributed by atoms with van der Waals surface area (Å²) in [7, 11) is -3.10. The Morgan fingerprint density at radius 1 is 1.17 bits per heavy atom. The fourth-order valence-corrected chi connectivity index (χ4v) is 3.81. The number of unbranched alkanes of at least 4 members (excludes halogenated alkanes) is 1. The van der Waals surface area contributed by atoms with Crippen molar-refractivity contribution in [2.75, 3.05) is 25.9 Å². The van der Waals surface area contributed by atoms with Gasteiger partial charge in [-0.2, -0.15) is 0 Å². The van der Waals surface area contributed by atoms with Crippen LogP contribution in [0.2, 0.25) is 0 Å². The number of likely N-dealkylation sites (tertiary alicyclic amines) is 1. The summed E-state index contributed by atoms with van der Waals surface area (Å²) in [6.45, 7) is 2.81. The molecule has 0 bridgehead atoms. The van der Waals surface area contributed by atoms with Gasteiger partial charge in [0.15, 0.2) is 5.78 Å². The van der Waals surface area contributed by atoms with Crippen LogP contribution in [0.1, 0.15) is 42.5 Å². The molecule has 0 radical (unpaired) electrons. The first kappa shape index (κ1) is 21.1. The predicted molar refractivity (Wildman–Crippen MR) is 99.3 cm³/mol. The van der Waals surface area contributed by atoms with Gasteiger partial charge in [-0.3, -0.25) is 4.79 Å². The molecule has 0 saturated carbocycles. The van der Waals surface area contributed by atoms with Crippen LogP contribution >= 0.6 is 12.4 Å². The number of halogens is 1. The minimum Gasteiger partial charge on any atom is -0.303 e. The normalized spacial score (nSPS) is 16.5. The summed E-state index contributed by atoms with van der Waals surface area (Å²) in [6.07, 6.45) is 5.42. The first-order chi connectivity index (χ1) is 10.9. The van der Waals surface area contributed by atoms with Gasteiger partial charge >= 0.3 is 0 Å². The van der Waals surface area contributed by atoms with E-state index in [2.05, 4.69) is 9.62 Å². The van der Waals surface area contributed by atoms with Crippen LogP contribution in [0.15, 0.2) is 30.3 Å². The molecule has 1 aromatic carbocycles. The topological polar surface area (TPSA) is 66.5 Å². The highest BCUT2D eigenvalue weighted by Gasteiger charge is 2.21. The van der Waals surface area contributed by atoms with E-state index in [0.717, 1.165) is 50.9 Å². The number of benzene rings is 1. The first-order valence-electron chi connectivity index (χ1n) is 8.22. The molecule has 1 aliphatic rings. The Kier molecular flexibility index (Phi) is 8.91. The van der Waals surface area contributed by atoms with E-state index in [0.29, 0.717) is 6.42 Å². The van der Waals surface area contributed by atoms with Crippen molar-refractivity contribution in [1.29, 1.82) is 0 Å². The van der Waals surface area contributed by atoms with Gasteiger partial charge in [0.1, 0.15) is 0 Å². The molecule has 7 heteroatoms. The van der Waals surface area contributed by atoms with Gasteiger partial charge in [0, 0.05) is 18.0 Å². The number of sulfonamides is 1. The second-order valence-electron chi connectivity index (χ2n) is 6.25. The Morgan fingerprint density at radius 3 is 2.38 bits per heavy atom. The lowest BCUT2D eigenvalue weighted by Gasteiger charge is -2.31. The Bertz CT molecular complexity index is 600. The lowest BCUT2D eigenvalue weighted by molar-refractivity contribution is 0.0977. The van der Waals surface area contributed by atoms with E-state index < -0.39 is 10.0 Å². The van der Waals surface area contributed by atoms with Gasteiger partial charge in [-0.25, -0.2) is 13.1 Å². The lowest BCUT2D eigenvalue weighted by atomic mass is 10.0. The standard InChI is InChI=1S/C17H26N2O3S.ClH/c1-23(21,22)18-16-10-13-19(14-11-16)12-6-5-9-17(20)15-7-3-2-4-8-15;/h2-4,7-8,16,18H,5-6,9-14H2,1H3;1H. The van der Waals surface area contributed by atoms with E-state index >= 15 is 0 Å². The fraction of sp³-hybridized carbons (Fsp3) is 0.588. The third kappa shape index (κ3) is 7.75. The second kappa shape index (κ2) is 10.1. The molecule has 0 aromatic heterocycles. The molecule has 0 unspecified atom stereocenters. The van der Waals surface area contributed by atoms with Crippen LogP contribution in [0.5, 0.6) is 0 Å². The van der Waals surface area contributed by atoms with Gasteiger partial charge < -0.3 is 4.90 Å². The highest BCUT2D eigenvalue weighted by molar-refractivity contribution is 7.88. The summed E-state index contributed by atoms with van der Waals surface area (Å²) >= 11 is 0. The minimum absolute atomic E-state index is 0. The summed E-state index contributed by atoms with van der Waals surface area (Å²) in [4.78, 5) is 14.3. The van der Waals surface area contributed by atoms with Crippen LogP contribution in [0.3, 0.4) is 0 Å². The third-order valence-corrected chi connectivity index (χ3v) is 4.95. The molecule has 1 saturated heterocycles. The van der Waals surface area contributed by atoms with E-state index in [9.17, 15) is 13.2 Å². The smallest absolute Gasteiger partial charge is 0.208 e. The number of nitrogens with zero attached hydrogens (tertiary/aromatic N) is 1. The van der Waals surface area contributed by atoms with Gasteiger partial charge in [0.05, 0.1) is 6.26 Å². The quantitative estimate of drug-likeness (QED) is 0.560. The lowest BCUT2D eigenvalue weighted by Crippen LogP contribution is -2.44. The van der Waals surface area contributed by atoms with Gasteiger partial charge in [0.2, 0.25) is 10.0 Å². The monoisotopic (exact) mass is 374 g/mol. The first-order valence-corrected chi connectivity index (χ1v) is 10.1. The SMILES string of the molecule is CS(=O)(=O)NC1CCN(CCCCC(=O)c2ccccc2)CC1.Cl. The molecule has 5 nitrogen and oxygen atoms in total. The molecule has 1 aromatic rings. The van der Waals surface area contributed by atoms with Crippen molar-refractivity contribution in [1.82, 2.24) is 9.62 Å². The minimum atomic E-state index is -3.10. The van der Waals surface area contributed by atoms with Crippen LogP contribution in [-0.2, 0) is 10.0 Å². The van der Waals surface area contributed by atoms with Crippen molar-refractivity contribution in [3.8, 4) is 0 Å². The molecule has 136 valence electrons. The number of Topliss-reactive ketones (excluding diaryl/α,β-unsaturated/α-hetero) is 1. The highest BCUT2D eigenvalue weighted by Crippen LogP contribution is 2.13. The molecule has 0 amide bonds. The molecule has 1 N–H and O–H groups in total. The summed E-state index contributed by atoms with van der Waals surface area (Å²) in [5, 5.41) is 0. The zero-order valence-electron chi connectivity index (χ0n) is 14.1. The number of hydrogen-bond acceptors (Lipinski definition) is 4. The maximum Gasteiger partial charge on any atom is 0.208 e. The van der Waals surface area contributed by atoms with E-state index in [-0.39, 0.29) is 24.2 Å². The summed E-state index contributed by atoms with van der Waals surface area (Å²) in [5.41, 5.74) is 0.792. The van der Waals surface area contributed by atoms with Gasteiger partial charge in [-0.15, -0.1) is 12.4 Å². The Morgan fingerprint density at radius 2 is 1.79 bits per heavy atom. The number of carbonyl (C=O) groups excluding carboxylic acids is 1. The number of ketones is 1. The van der Waals surface area contributed by atoms with Gasteiger partial charge in [0.25, 0.3) is 0 Å². The zero-order valence-corrected chi connectivity index (χ0v) is 15.7. The van der Waals surface area contributed by atoms with Crippen LogP contribution in [-0.4, -0.2) is 51.0 Å². The fourth-order valence-electron chi connectivity index (χ4n) is 2.97. The molecular weight excluding hydrogens is 348 g/mol. The van der Waals surface area contributed by atoms with E-state index in [1.807, 2.05) is 30.3 Å². The molecule has 1 fully saturated rings.